The third-order valence-corrected chi connectivity index (χ3v) is 5.70. The molecule has 1 aromatic heterocycles. The van der Waals surface area contributed by atoms with Gasteiger partial charge in [-0.25, -0.2) is 0 Å². The molecule has 3 heterocycles. The Kier molecular flexibility index (Phi) is 6.16. The standard InChI is InChI=1S/C23H27N3O4/c1-2-16-15-19(25-30-16)23(28)26-13-8-10-18-20(26)11-4-3-7-14-29-21-12-6-5-9-17(21)22(27)24-18/h3-6,9,12,15,18,20H,2,7-8,10-11,13-14H2,1H3,(H,24,27)/b4-3+/t18-,20-/m0/s1. The fourth-order valence-electron chi connectivity index (χ4n) is 4.11. The molecule has 0 radical (unpaired) electrons. The van der Waals surface area contributed by atoms with E-state index in [1.54, 1.807) is 12.1 Å². The number of likely N-dealkylation sites (tertiary alicyclic amines) is 1. The van der Waals surface area contributed by atoms with Crippen molar-refractivity contribution in [1.29, 1.82) is 0 Å². The average Bonchev–Trinajstić information content (AvgIpc) is 3.25. The van der Waals surface area contributed by atoms with Crippen molar-refractivity contribution in [3.8, 4) is 5.75 Å². The second-order valence-electron chi connectivity index (χ2n) is 7.66. The van der Waals surface area contributed by atoms with Gasteiger partial charge in [0.25, 0.3) is 11.8 Å². The number of nitrogens with zero attached hydrogens (tertiary/aromatic N) is 2. The average molecular weight is 409 g/mol. The van der Waals surface area contributed by atoms with Crippen molar-refractivity contribution in [3.63, 3.8) is 0 Å². The van der Waals surface area contributed by atoms with Gasteiger partial charge in [-0.15, -0.1) is 0 Å². The molecule has 4 rings (SSSR count). The van der Waals surface area contributed by atoms with Gasteiger partial charge < -0.3 is 19.5 Å². The number of nitrogens with one attached hydrogen (secondary N) is 1. The predicted molar refractivity (Wildman–Crippen MR) is 112 cm³/mol. The van der Waals surface area contributed by atoms with Crippen LogP contribution in [0.2, 0.25) is 0 Å². The maximum atomic E-state index is 13.2. The van der Waals surface area contributed by atoms with Crippen molar-refractivity contribution in [3.05, 3.63) is 59.5 Å². The first-order valence-electron chi connectivity index (χ1n) is 10.6. The molecule has 1 N–H and O–H groups in total. The third kappa shape index (κ3) is 4.25. The summed E-state index contributed by atoms with van der Waals surface area (Å²) in [5.74, 6) is 0.954. The summed E-state index contributed by atoms with van der Waals surface area (Å²) in [7, 11) is 0. The van der Waals surface area contributed by atoms with E-state index >= 15 is 0 Å². The largest absolute Gasteiger partial charge is 0.492 e. The molecular weight excluding hydrogens is 382 g/mol. The van der Waals surface area contributed by atoms with Gasteiger partial charge in [0, 0.05) is 25.1 Å². The van der Waals surface area contributed by atoms with Crippen LogP contribution in [0.1, 0.15) is 59.2 Å². The van der Waals surface area contributed by atoms with Crippen molar-refractivity contribution >= 4 is 11.8 Å². The van der Waals surface area contributed by atoms with E-state index in [1.165, 1.54) is 0 Å². The number of benzene rings is 1. The highest BCUT2D eigenvalue weighted by Crippen LogP contribution is 2.26. The lowest BCUT2D eigenvalue weighted by atomic mass is 9.92. The van der Waals surface area contributed by atoms with Crippen molar-refractivity contribution in [2.24, 2.45) is 0 Å². The topological polar surface area (TPSA) is 84.7 Å². The molecule has 0 saturated carbocycles. The Labute approximate surface area is 176 Å². The zero-order valence-electron chi connectivity index (χ0n) is 17.2. The molecule has 1 fully saturated rings. The number of aryl methyl sites for hydroxylation is 1. The van der Waals surface area contributed by atoms with Gasteiger partial charge in [0.2, 0.25) is 0 Å². The summed E-state index contributed by atoms with van der Waals surface area (Å²) in [4.78, 5) is 28.0. The Bertz CT molecular complexity index is 936. The highest BCUT2D eigenvalue weighted by atomic mass is 16.5. The number of carbonyl (C=O) groups is 2. The van der Waals surface area contributed by atoms with E-state index in [1.807, 2.05) is 30.0 Å². The number of fused-ring (bicyclic) bond motifs is 2. The summed E-state index contributed by atoms with van der Waals surface area (Å²) >= 11 is 0. The van der Waals surface area contributed by atoms with Gasteiger partial charge in [0.05, 0.1) is 18.2 Å². The number of amides is 2. The van der Waals surface area contributed by atoms with E-state index < -0.39 is 0 Å². The molecule has 1 saturated heterocycles. The van der Waals surface area contributed by atoms with E-state index in [-0.39, 0.29) is 23.9 Å². The summed E-state index contributed by atoms with van der Waals surface area (Å²) in [6.45, 7) is 3.09. The maximum absolute atomic E-state index is 13.2. The smallest absolute Gasteiger partial charge is 0.276 e. The van der Waals surface area contributed by atoms with Crippen LogP contribution in [0.4, 0.5) is 0 Å². The summed E-state index contributed by atoms with van der Waals surface area (Å²) in [5.41, 5.74) is 0.848. The zero-order chi connectivity index (χ0) is 20.9. The molecule has 1 aromatic carbocycles. The SMILES string of the molecule is CCc1cc(C(=O)N2CCC[C@@H]3NC(=O)c4ccccc4OCC/C=C/C[C@@H]32)no1. The lowest BCUT2D eigenvalue weighted by Crippen LogP contribution is -2.57. The van der Waals surface area contributed by atoms with Crippen LogP contribution in [0.25, 0.3) is 0 Å². The van der Waals surface area contributed by atoms with Gasteiger partial charge in [0.15, 0.2) is 5.69 Å². The molecule has 0 aliphatic carbocycles. The van der Waals surface area contributed by atoms with Crippen LogP contribution in [0.5, 0.6) is 5.75 Å². The second-order valence-corrected chi connectivity index (χ2v) is 7.66. The first-order chi connectivity index (χ1) is 14.7. The molecule has 2 aliphatic rings. The van der Waals surface area contributed by atoms with E-state index in [0.29, 0.717) is 48.8 Å². The quantitative estimate of drug-likeness (QED) is 0.769. The van der Waals surface area contributed by atoms with E-state index in [0.717, 1.165) is 19.3 Å². The first kappa shape index (κ1) is 20.2. The van der Waals surface area contributed by atoms with Crippen LogP contribution in [0, 0.1) is 0 Å². The Morgan fingerprint density at radius 3 is 3.00 bits per heavy atom. The van der Waals surface area contributed by atoms with Gasteiger partial charge in [-0.1, -0.05) is 36.4 Å². The number of aromatic nitrogens is 1. The minimum atomic E-state index is -0.172. The highest BCUT2D eigenvalue weighted by Gasteiger charge is 2.36. The number of ether oxygens (including phenoxy) is 1. The highest BCUT2D eigenvalue weighted by molar-refractivity contribution is 5.97. The van der Waals surface area contributed by atoms with Gasteiger partial charge in [-0.2, -0.15) is 0 Å². The predicted octanol–water partition coefficient (Wildman–Crippen LogP) is 3.37. The molecule has 158 valence electrons. The molecule has 7 heteroatoms. The van der Waals surface area contributed by atoms with Crippen LogP contribution < -0.4 is 10.1 Å². The number of carbonyl (C=O) groups excluding carboxylic acids is 2. The number of para-hydroxylation sites is 1. The van der Waals surface area contributed by atoms with Gasteiger partial charge in [-0.3, -0.25) is 9.59 Å². The lowest BCUT2D eigenvalue weighted by Gasteiger charge is -2.41. The van der Waals surface area contributed by atoms with E-state index in [9.17, 15) is 9.59 Å². The maximum Gasteiger partial charge on any atom is 0.276 e. The zero-order valence-corrected chi connectivity index (χ0v) is 17.2. The van der Waals surface area contributed by atoms with E-state index in [2.05, 4.69) is 22.6 Å². The molecule has 0 spiro atoms. The van der Waals surface area contributed by atoms with Crippen molar-refractivity contribution in [1.82, 2.24) is 15.4 Å². The molecule has 0 bridgehead atoms. The molecule has 2 aliphatic heterocycles. The third-order valence-electron chi connectivity index (χ3n) is 5.70. The second kappa shape index (κ2) is 9.15. The molecule has 30 heavy (non-hydrogen) atoms. The minimum absolute atomic E-state index is 0.138. The molecule has 7 nitrogen and oxygen atoms in total. The van der Waals surface area contributed by atoms with Gasteiger partial charge in [-0.05, 0) is 37.8 Å². The lowest BCUT2D eigenvalue weighted by molar-refractivity contribution is 0.0521. The number of hydrogen-bond acceptors (Lipinski definition) is 5. The van der Waals surface area contributed by atoms with Crippen molar-refractivity contribution < 1.29 is 18.8 Å². The number of hydrogen-bond donors (Lipinski definition) is 1. The molecular formula is C23H27N3O4. The summed E-state index contributed by atoms with van der Waals surface area (Å²) < 4.78 is 11.0. The van der Waals surface area contributed by atoms with Crippen LogP contribution in [0.15, 0.2) is 47.0 Å². The molecule has 2 aromatic rings. The van der Waals surface area contributed by atoms with Crippen LogP contribution in [-0.2, 0) is 6.42 Å². The van der Waals surface area contributed by atoms with Crippen LogP contribution >= 0.6 is 0 Å². The number of rotatable bonds is 2. The Morgan fingerprint density at radius 1 is 1.30 bits per heavy atom. The Hall–Kier alpha value is -3.09. The first-order valence-corrected chi connectivity index (χ1v) is 10.6. The Balaban J connectivity index is 1.61. The van der Waals surface area contributed by atoms with Crippen LogP contribution in [-0.4, -0.2) is 47.1 Å². The summed E-state index contributed by atoms with van der Waals surface area (Å²) in [6, 6.07) is 8.70. The van der Waals surface area contributed by atoms with Gasteiger partial charge >= 0.3 is 0 Å². The number of piperidine rings is 1. The van der Waals surface area contributed by atoms with Crippen molar-refractivity contribution in [2.75, 3.05) is 13.2 Å². The molecule has 0 unspecified atom stereocenters. The van der Waals surface area contributed by atoms with E-state index in [4.69, 9.17) is 9.26 Å². The summed E-state index contributed by atoms with van der Waals surface area (Å²) in [5, 5.41) is 7.11. The summed E-state index contributed by atoms with van der Waals surface area (Å²) in [6.07, 6.45) is 7.87. The minimum Gasteiger partial charge on any atom is -0.492 e. The fraction of sp³-hybridized carbons (Fsp3) is 0.435. The Morgan fingerprint density at radius 2 is 2.17 bits per heavy atom. The fourth-order valence-corrected chi connectivity index (χ4v) is 4.11. The van der Waals surface area contributed by atoms with Crippen molar-refractivity contribution in [2.45, 2.75) is 51.1 Å². The van der Waals surface area contributed by atoms with Crippen LogP contribution in [0.3, 0.4) is 0 Å². The molecule has 2 amide bonds. The monoisotopic (exact) mass is 409 g/mol. The molecule has 2 atom stereocenters. The van der Waals surface area contributed by atoms with Gasteiger partial charge in [0.1, 0.15) is 11.5 Å². The normalized spacial score (nSPS) is 23.1.